The van der Waals surface area contributed by atoms with E-state index in [1.54, 1.807) is 18.2 Å². The molecule has 3 rings (SSSR count). The largest absolute Gasteiger partial charge is 0.497 e. The highest BCUT2D eigenvalue weighted by atomic mass is 16.5. The van der Waals surface area contributed by atoms with Gasteiger partial charge in [-0.3, -0.25) is 0 Å². The third-order valence-corrected chi connectivity index (χ3v) is 4.20. The summed E-state index contributed by atoms with van der Waals surface area (Å²) in [6, 6.07) is 17.4. The second-order valence-corrected chi connectivity index (χ2v) is 5.32. The highest BCUT2D eigenvalue weighted by Gasteiger charge is 2.21. The van der Waals surface area contributed by atoms with E-state index in [2.05, 4.69) is 48.5 Å². The first-order chi connectivity index (χ1) is 9.36. The molecular formula is C18H20O. The van der Waals surface area contributed by atoms with Gasteiger partial charge in [0, 0.05) is 0 Å². The fraction of sp³-hybridized carbons (Fsp3) is 0.333. The van der Waals surface area contributed by atoms with Crippen molar-refractivity contribution in [3.63, 3.8) is 0 Å². The van der Waals surface area contributed by atoms with Gasteiger partial charge >= 0.3 is 0 Å². The van der Waals surface area contributed by atoms with Crippen LogP contribution in [0.5, 0.6) is 5.75 Å². The maximum absolute atomic E-state index is 5.19. The predicted octanol–water partition coefficient (Wildman–Crippen LogP) is 4.36. The van der Waals surface area contributed by atoms with Gasteiger partial charge in [-0.2, -0.15) is 0 Å². The van der Waals surface area contributed by atoms with Gasteiger partial charge in [0.1, 0.15) is 5.75 Å². The average Bonchev–Trinajstić information content (AvgIpc) is 2.89. The molecule has 1 atom stereocenters. The monoisotopic (exact) mass is 252 g/mol. The summed E-state index contributed by atoms with van der Waals surface area (Å²) in [7, 11) is 1.71. The van der Waals surface area contributed by atoms with E-state index in [0.29, 0.717) is 0 Å². The number of methoxy groups -OCH3 is 1. The second-order valence-electron chi connectivity index (χ2n) is 5.32. The molecular weight excluding hydrogens is 232 g/mol. The van der Waals surface area contributed by atoms with Crippen LogP contribution in [0.15, 0.2) is 48.5 Å². The summed E-state index contributed by atoms with van der Waals surface area (Å²) in [6.45, 7) is 0. The normalized spacial score (nSPS) is 17.2. The lowest BCUT2D eigenvalue weighted by atomic mass is 9.94. The van der Waals surface area contributed by atoms with Crippen molar-refractivity contribution in [2.24, 2.45) is 0 Å². The van der Waals surface area contributed by atoms with Crippen LogP contribution in [0.2, 0.25) is 0 Å². The lowest BCUT2D eigenvalue weighted by molar-refractivity contribution is 0.414. The van der Waals surface area contributed by atoms with Crippen molar-refractivity contribution < 1.29 is 4.74 Å². The first kappa shape index (κ1) is 12.3. The van der Waals surface area contributed by atoms with Crippen LogP contribution in [0, 0.1) is 0 Å². The molecule has 0 saturated carbocycles. The lowest BCUT2D eigenvalue weighted by Gasteiger charge is -2.11. The summed E-state index contributed by atoms with van der Waals surface area (Å²) in [5, 5.41) is 0. The first-order valence-electron chi connectivity index (χ1n) is 7.07. The van der Waals surface area contributed by atoms with Crippen LogP contribution in [-0.4, -0.2) is 7.11 Å². The third kappa shape index (κ3) is 2.65. The highest BCUT2D eigenvalue weighted by molar-refractivity contribution is 5.35. The summed E-state index contributed by atoms with van der Waals surface area (Å²) in [4.78, 5) is 0. The molecule has 0 radical (unpaired) electrons. The topological polar surface area (TPSA) is 9.23 Å². The van der Waals surface area contributed by atoms with Crippen LogP contribution < -0.4 is 4.74 Å². The number of aryl methyl sites for hydroxylation is 2. The second kappa shape index (κ2) is 5.48. The molecule has 1 unspecified atom stereocenters. The van der Waals surface area contributed by atoms with Crippen molar-refractivity contribution in [3.8, 4) is 5.75 Å². The van der Waals surface area contributed by atoms with Crippen LogP contribution in [0.4, 0.5) is 0 Å². The van der Waals surface area contributed by atoms with Crippen LogP contribution in [0.25, 0.3) is 0 Å². The van der Waals surface area contributed by atoms with Crippen molar-refractivity contribution in [3.05, 3.63) is 65.2 Å². The Kier molecular flexibility index (Phi) is 3.54. The molecule has 1 heteroatoms. The molecule has 2 aromatic rings. The molecule has 1 aliphatic rings. The highest BCUT2D eigenvalue weighted by Crippen LogP contribution is 2.36. The molecule has 0 bridgehead atoms. The molecule has 1 nitrogen and oxygen atoms in total. The number of ether oxygens (including phenoxy) is 1. The predicted molar refractivity (Wildman–Crippen MR) is 78.8 cm³/mol. The minimum atomic E-state index is 0.748. The summed E-state index contributed by atoms with van der Waals surface area (Å²) >= 11 is 0. The molecule has 98 valence electrons. The molecule has 0 heterocycles. The molecule has 0 aliphatic heterocycles. The van der Waals surface area contributed by atoms with Crippen LogP contribution in [0.3, 0.4) is 0 Å². The first-order valence-corrected chi connectivity index (χ1v) is 7.07. The van der Waals surface area contributed by atoms with E-state index in [9.17, 15) is 0 Å². The Morgan fingerprint density at radius 3 is 2.63 bits per heavy atom. The molecule has 0 fully saturated rings. The van der Waals surface area contributed by atoms with Gasteiger partial charge in [-0.05, 0) is 60.4 Å². The molecule has 0 spiro atoms. The Labute approximate surface area is 115 Å². The number of fused-ring (bicyclic) bond motifs is 1. The van der Waals surface area contributed by atoms with Crippen molar-refractivity contribution >= 4 is 0 Å². The van der Waals surface area contributed by atoms with Crippen molar-refractivity contribution in [1.82, 2.24) is 0 Å². The van der Waals surface area contributed by atoms with Gasteiger partial charge in [0.25, 0.3) is 0 Å². The minimum Gasteiger partial charge on any atom is -0.497 e. The van der Waals surface area contributed by atoms with E-state index < -0.39 is 0 Å². The van der Waals surface area contributed by atoms with E-state index in [4.69, 9.17) is 4.74 Å². The number of benzene rings is 2. The van der Waals surface area contributed by atoms with Crippen molar-refractivity contribution in [1.29, 1.82) is 0 Å². The van der Waals surface area contributed by atoms with Gasteiger partial charge in [0.2, 0.25) is 0 Å². The zero-order chi connectivity index (χ0) is 13.1. The fourth-order valence-electron chi connectivity index (χ4n) is 3.08. The van der Waals surface area contributed by atoms with Crippen LogP contribution in [-0.2, 0) is 12.8 Å². The van der Waals surface area contributed by atoms with Crippen molar-refractivity contribution in [2.75, 3.05) is 7.11 Å². The van der Waals surface area contributed by atoms with Crippen LogP contribution >= 0.6 is 0 Å². The molecule has 19 heavy (non-hydrogen) atoms. The maximum atomic E-state index is 5.19. The Morgan fingerprint density at radius 2 is 1.84 bits per heavy atom. The lowest BCUT2D eigenvalue weighted by Crippen LogP contribution is -1.96. The summed E-state index contributed by atoms with van der Waals surface area (Å²) < 4.78 is 5.19. The van der Waals surface area contributed by atoms with Gasteiger partial charge < -0.3 is 4.74 Å². The molecule has 0 N–H and O–H groups in total. The summed E-state index contributed by atoms with van der Waals surface area (Å²) in [6.07, 6.45) is 4.98. The Bertz CT molecular complexity index is 542. The van der Waals surface area contributed by atoms with E-state index in [-0.39, 0.29) is 0 Å². The molecule has 1 aliphatic carbocycles. The van der Waals surface area contributed by atoms with Gasteiger partial charge in [-0.15, -0.1) is 0 Å². The quantitative estimate of drug-likeness (QED) is 0.785. The van der Waals surface area contributed by atoms with Gasteiger partial charge in [0.15, 0.2) is 0 Å². The maximum Gasteiger partial charge on any atom is 0.118 e. The van der Waals surface area contributed by atoms with Gasteiger partial charge in [0.05, 0.1) is 7.11 Å². The minimum absolute atomic E-state index is 0.748. The number of hydrogen-bond acceptors (Lipinski definition) is 1. The molecule has 0 amide bonds. The van der Waals surface area contributed by atoms with E-state index in [1.807, 2.05) is 0 Å². The SMILES string of the molecule is COc1ccc(CCC2CCc3ccccc32)cc1. The number of hydrogen-bond donors (Lipinski definition) is 0. The Morgan fingerprint density at radius 1 is 1.05 bits per heavy atom. The zero-order valence-electron chi connectivity index (χ0n) is 11.4. The summed E-state index contributed by atoms with van der Waals surface area (Å²) in [5.74, 6) is 1.69. The Hall–Kier alpha value is -1.76. The molecule has 2 aromatic carbocycles. The average molecular weight is 252 g/mol. The van der Waals surface area contributed by atoms with Crippen molar-refractivity contribution in [2.45, 2.75) is 31.6 Å². The van der Waals surface area contributed by atoms with Gasteiger partial charge in [-0.1, -0.05) is 36.4 Å². The molecule has 0 saturated heterocycles. The summed E-state index contributed by atoms with van der Waals surface area (Å²) in [5.41, 5.74) is 4.54. The van der Waals surface area contributed by atoms with Crippen LogP contribution in [0.1, 0.15) is 35.4 Å². The van der Waals surface area contributed by atoms with Gasteiger partial charge in [-0.25, -0.2) is 0 Å². The number of rotatable bonds is 4. The van der Waals surface area contributed by atoms with E-state index >= 15 is 0 Å². The Balaban J connectivity index is 1.64. The van der Waals surface area contributed by atoms with E-state index in [0.717, 1.165) is 18.1 Å². The molecule has 0 aromatic heterocycles. The third-order valence-electron chi connectivity index (χ3n) is 4.20. The zero-order valence-corrected chi connectivity index (χ0v) is 11.4. The standard InChI is InChI=1S/C18H20O/c1-19-17-12-7-14(8-13-17)6-9-16-11-10-15-4-2-3-5-18(15)16/h2-5,7-8,12-13,16H,6,9-11H2,1H3. The smallest absolute Gasteiger partial charge is 0.118 e. The fourth-order valence-corrected chi connectivity index (χ4v) is 3.08. The van der Waals surface area contributed by atoms with E-state index in [1.165, 1.54) is 24.8 Å².